The predicted octanol–water partition coefficient (Wildman–Crippen LogP) is 1.88. The molecule has 0 radical (unpaired) electrons. The van der Waals surface area contributed by atoms with Gasteiger partial charge in [-0.1, -0.05) is 12.1 Å². The largest absolute Gasteiger partial charge is 0.399 e. The number of nitrogens with zero attached hydrogens (tertiary/aromatic N) is 1. The van der Waals surface area contributed by atoms with Crippen LogP contribution in [-0.4, -0.2) is 31.2 Å². The van der Waals surface area contributed by atoms with Gasteiger partial charge in [-0.25, -0.2) is 0 Å². The van der Waals surface area contributed by atoms with Crippen molar-refractivity contribution in [3.05, 3.63) is 29.8 Å². The van der Waals surface area contributed by atoms with Crippen molar-refractivity contribution in [2.45, 2.75) is 19.4 Å². The van der Waals surface area contributed by atoms with Crippen LogP contribution in [0.15, 0.2) is 24.3 Å². The summed E-state index contributed by atoms with van der Waals surface area (Å²) in [6.07, 6.45) is 2.47. The van der Waals surface area contributed by atoms with E-state index in [-0.39, 0.29) is 0 Å². The third kappa shape index (κ3) is 2.31. The van der Waals surface area contributed by atoms with E-state index in [2.05, 4.69) is 17.0 Å². The van der Waals surface area contributed by atoms with Gasteiger partial charge in [-0.2, -0.15) is 0 Å². The minimum absolute atomic E-state index is 0.568. The van der Waals surface area contributed by atoms with Gasteiger partial charge in [0.25, 0.3) is 0 Å². The van der Waals surface area contributed by atoms with Crippen LogP contribution >= 0.6 is 0 Å². The second kappa shape index (κ2) is 4.31. The number of anilines is 1. The molecule has 3 nitrogen and oxygen atoms in total. The number of nitrogen functional groups attached to an aromatic ring is 1. The normalized spacial score (nSPS) is 23.5. The van der Waals surface area contributed by atoms with Crippen LogP contribution in [0, 0.1) is 5.41 Å². The minimum Gasteiger partial charge on any atom is -0.399 e. The molecule has 1 aromatic rings. The van der Waals surface area contributed by atoms with Gasteiger partial charge in [-0.3, -0.25) is 4.90 Å². The maximum absolute atomic E-state index is 5.80. The van der Waals surface area contributed by atoms with Gasteiger partial charge in [0.2, 0.25) is 0 Å². The first-order valence-corrected chi connectivity index (χ1v) is 6.40. The van der Waals surface area contributed by atoms with Crippen molar-refractivity contribution in [3.63, 3.8) is 0 Å². The zero-order valence-electron chi connectivity index (χ0n) is 10.2. The second-order valence-electron chi connectivity index (χ2n) is 5.50. The lowest BCUT2D eigenvalue weighted by Crippen LogP contribution is -2.57. The molecule has 3 rings (SSSR count). The van der Waals surface area contributed by atoms with Crippen LogP contribution in [0.1, 0.15) is 18.4 Å². The van der Waals surface area contributed by atoms with Gasteiger partial charge < -0.3 is 10.5 Å². The van der Waals surface area contributed by atoms with Crippen LogP contribution in [0.2, 0.25) is 0 Å². The van der Waals surface area contributed by atoms with Gasteiger partial charge in [0.05, 0.1) is 0 Å². The second-order valence-corrected chi connectivity index (χ2v) is 5.50. The van der Waals surface area contributed by atoms with Crippen molar-refractivity contribution in [1.82, 2.24) is 4.90 Å². The molecule has 2 fully saturated rings. The van der Waals surface area contributed by atoms with Crippen molar-refractivity contribution in [2.75, 3.05) is 32.0 Å². The molecule has 0 bridgehead atoms. The lowest BCUT2D eigenvalue weighted by atomic mass is 9.73. The molecule has 92 valence electrons. The molecule has 17 heavy (non-hydrogen) atoms. The molecule has 2 N–H and O–H groups in total. The van der Waals surface area contributed by atoms with Crippen molar-refractivity contribution in [2.24, 2.45) is 5.41 Å². The maximum Gasteiger partial charge on any atom is 0.0472 e. The summed E-state index contributed by atoms with van der Waals surface area (Å²) in [5, 5.41) is 0. The molecular formula is C14H20N2O. The fourth-order valence-electron chi connectivity index (χ4n) is 3.08. The summed E-state index contributed by atoms with van der Waals surface area (Å²) in [5.74, 6) is 0. The van der Waals surface area contributed by atoms with Crippen LogP contribution in [0.25, 0.3) is 0 Å². The van der Waals surface area contributed by atoms with Gasteiger partial charge in [0, 0.05) is 44.0 Å². The average Bonchev–Trinajstić information content (AvgIpc) is 2.28. The Balaban J connectivity index is 1.55. The molecule has 2 saturated heterocycles. The summed E-state index contributed by atoms with van der Waals surface area (Å²) >= 11 is 0. The van der Waals surface area contributed by atoms with Crippen LogP contribution in [0.3, 0.4) is 0 Å². The topological polar surface area (TPSA) is 38.5 Å². The fourth-order valence-corrected chi connectivity index (χ4v) is 3.08. The maximum atomic E-state index is 5.80. The highest BCUT2D eigenvalue weighted by molar-refractivity contribution is 5.40. The van der Waals surface area contributed by atoms with Crippen LogP contribution in [0.4, 0.5) is 5.69 Å². The number of hydrogen-bond acceptors (Lipinski definition) is 3. The van der Waals surface area contributed by atoms with E-state index < -0.39 is 0 Å². The van der Waals surface area contributed by atoms with Gasteiger partial charge in [-0.05, 0) is 30.5 Å². The number of benzene rings is 1. The summed E-state index contributed by atoms with van der Waals surface area (Å²) in [7, 11) is 0. The monoisotopic (exact) mass is 232 g/mol. The summed E-state index contributed by atoms with van der Waals surface area (Å²) in [6.45, 7) is 5.39. The summed E-state index contributed by atoms with van der Waals surface area (Å²) in [6, 6.07) is 8.22. The van der Waals surface area contributed by atoms with Gasteiger partial charge >= 0.3 is 0 Å². The van der Waals surface area contributed by atoms with Crippen LogP contribution < -0.4 is 5.73 Å². The van der Waals surface area contributed by atoms with E-state index in [0.29, 0.717) is 5.41 Å². The van der Waals surface area contributed by atoms with E-state index >= 15 is 0 Å². The zero-order valence-corrected chi connectivity index (χ0v) is 10.2. The minimum atomic E-state index is 0.568. The molecule has 1 aromatic carbocycles. The molecule has 2 aliphatic rings. The van der Waals surface area contributed by atoms with Crippen molar-refractivity contribution in [3.8, 4) is 0 Å². The van der Waals surface area contributed by atoms with Crippen molar-refractivity contribution < 1.29 is 4.74 Å². The Morgan fingerprint density at radius 2 is 2.00 bits per heavy atom. The van der Waals surface area contributed by atoms with E-state index in [1.54, 1.807) is 0 Å². The van der Waals surface area contributed by atoms with Crippen LogP contribution in [0.5, 0.6) is 0 Å². The zero-order chi connectivity index (χ0) is 11.7. The van der Waals surface area contributed by atoms with E-state index in [9.17, 15) is 0 Å². The fraction of sp³-hybridized carbons (Fsp3) is 0.571. The third-order valence-electron chi connectivity index (χ3n) is 4.03. The lowest BCUT2D eigenvalue weighted by Gasteiger charge is -2.52. The Morgan fingerprint density at radius 3 is 2.71 bits per heavy atom. The molecule has 0 aromatic heterocycles. The lowest BCUT2D eigenvalue weighted by molar-refractivity contribution is -0.0838. The van der Waals surface area contributed by atoms with Crippen molar-refractivity contribution in [1.29, 1.82) is 0 Å². The standard InChI is InChI=1S/C14H20N2O/c15-13-3-1-2-12(8-13)9-16-10-14(11-16)4-6-17-7-5-14/h1-3,8H,4-7,9-11,15H2. The number of likely N-dealkylation sites (tertiary alicyclic amines) is 1. The first-order chi connectivity index (χ1) is 8.26. The highest BCUT2D eigenvalue weighted by atomic mass is 16.5. The van der Waals surface area contributed by atoms with Gasteiger partial charge in [0.1, 0.15) is 0 Å². The molecule has 0 atom stereocenters. The Morgan fingerprint density at radius 1 is 1.24 bits per heavy atom. The Hall–Kier alpha value is -1.06. The van der Waals surface area contributed by atoms with Gasteiger partial charge in [0.15, 0.2) is 0 Å². The first kappa shape index (κ1) is 11.1. The van der Waals surface area contributed by atoms with E-state index in [4.69, 9.17) is 10.5 Å². The van der Waals surface area contributed by atoms with E-state index in [1.807, 2.05) is 12.1 Å². The Labute approximate surface area is 103 Å². The molecule has 3 heteroatoms. The molecule has 1 spiro atoms. The smallest absolute Gasteiger partial charge is 0.0472 e. The molecule has 0 saturated carbocycles. The van der Waals surface area contributed by atoms with Crippen LogP contribution in [-0.2, 0) is 11.3 Å². The summed E-state index contributed by atoms with van der Waals surface area (Å²) in [5.41, 5.74) is 8.55. The highest BCUT2D eigenvalue weighted by Crippen LogP contribution is 2.40. The SMILES string of the molecule is Nc1cccc(CN2CC3(CCOCC3)C2)c1. The average molecular weight is 232 g/mol. The summed E-state index contributed by atoms with van der Waals surface area (Å²) < 4.78 is 5.43. The molecule has 2 aliphatic heterocycles. The molecular weight excluding hydrogens is 212 g/mol. The van der Waals surface area contributed by atoms with Gasteiger partial charge in [-0.15, -0.1) is 0 Å². The molecule has 0 amide bonds. The quantitative estimate of drug-likeness (QED) is 0.791. The number of nitrogens with two attached hydrogens (primary N) is 1. The van der Waals surface area contributed by atoms with E-state index in [0.717, 1.165) is 25.4 Å². The molecule has 2 heterocycles. The summed E-state index contributed by atoms with van der Waals surface area (Å²) in [4.78, 5) is 2.51. The number of ether oxygens (including phenoxy) is 1. The molecule has 0 aliphatic carbocycles. The highest BCUT2D eigenvalue weighted by Gasteiger charge is 2.43. The Kier molecular flexibility index (Phi) is 2.81. The van der Waals surface area contributed by atoms with E-state index in [1.165, 1.54) is 31.5 Å². The number of rotatable bonds is 2. The molecule has 0 unspecified atom stereocenters. The number of hydrogen-bond donors (Lipinski definition) is 1. The third-order valence-corrected chi connectivity index (χ3v) is 4.03. The first-order valence-electron chi connectivity index (χ1n) is 6.40. The predicted molar refractivity (Wildman–Crippen MR) is 68.6 cm³/mol. The van der Waals surface area contributed by atoms with Crippen molar-refractivity contribution >= 4 is 5.69 Å². The Bertz CT molecular complexity index is 391.